The number of hydrogen-bond donors (Lipinski definition) is 1. The van der Waals surface area contributed by atoms with E-state index < -0.39 is 39.1 Å². The highest BCUT2D eigenvalue weighted by molar-refractivity contribution is 7.87. The number of aryl methyl sites for hydroxylation is 1. The molecule has 0 saturated carbocycles. The largest absolute Gasteiger partial charge is 0.507 e. The quantitative estimate of drug-likeness (QED) is 0.456. The van der Waals surface area contributed by atoms with Crippen molar-refractivity contribution in [3.05, 3.63) is 47.5 Å². The van der Waals surface area contributed by atoms with Crippen LogP contribution < -0.4 is 8.92 Å². The second-order valence-corrected chi connectivity index (χ2v) is 8.74. The second-order valence-electron chi connectivity index (χ2n) is 7.19. The van der Waals surface area contributed by atoms with Gasteiger partial charge in [-0.1, -0.05) is 17.7 Å². The molecule has 154 valence electrons. The number of rotatable bonds is 4. The van der Waals surface area contributed by atoms with Crippen molar-refractivity contribution in [3.8, 4) is 17.2 Å². The number of phenols is 1. The molecule has 1 aliphatic heterocycles. The van der Waals surface area contributed by atoms with Crippen molar-refractivity contribution in [3.63, 3.8) is 0 Å². The molecule has 0 radical (unpaired) electrons. The summed E-state index contributed by atoms with van der Waals surface area (Å²) in [4.78, 5) is 24.8. The lowest BCUT2D eigenvalue weighted by molar-refractivity contribution is -0.149. The van der Waals surface area contributed by atoms with Gasteiger partial charge in [0, 0.05) is 12.1 Å². The second kappa shape index (κ2) is 7.07. The lowest BCUT2D eigenvalue weighted by atomic mass is 9.81. The highest BCUT2D eigenvalue weighted by Crippen LogP contribution is 2.44. The van der Waals surface area contributed by atoms with E-state index in [1.54, 1.807) is 12.1 Å². The van der Waals surface area contributed by atoms with Crippen molar-refractivity contribution in [1.29, 1.82) is 0 Å². The number of esters is 1. The molecule has 1 unspecified atom stereocenters. The van der Waals surface area contributed by atoms with E-state index in [1.807, 2.05) is 6.92 Å². The van der Waals surface area contributed by atoms with Gasteiger partial charge in [-0.3, -0.25) is 9.59 Å². The molecule has 2 aromatic rings. The average Bonchev–Trinajstić information content (AvgIpc) is 2.59. The van der Waals surface area contributed by atoms with Gasteiger partial charge in [0.2, 0.25) is 0 Å². The van der Waals surface area contributed by atoms with Gasteiger partial charge >= 0.3 is 16.1 Å². The summed E-state index contributed by atoms with van der Waals surface area (Å²) < 4.78 is 40.5. The lowest BCUT2D eigenvalue weighted by Crippen LogP contribution is -2.50. The third-order valence-corrected chi connectivity index (χ3v) is 5.85. The summed E-state index contributed by atoms with van der Waals surface area (Å²) in [6, 6.07) is 8.21. The number of carbonyl (C=O) groups is 2. The molecule has 0 spiro atoms. The maximum Gasteiger partial charge on any atom is 0.339 e. The molecule has 1 aliphatic rings. The van der Waals surface area contributed by atoms with E-state index in [-0.39, 0.29) is 22.0 Å². The van der Waals surface area contributed by atoms with Gasteiger partial charge < -0.3 is 18.8 Å². The minimum atomic E-state index is -4.17. The fourth-order valence-electron chi connectivity index (χ4n) is 3.14. The van der Waals surface area contributed by atoms with Crippen LogP contribution in [0.5, 0.6) is 17.2 Å². The normalized spacial score (nSPS) is 17.8. The van der Waals surface area contributed by atoms with Gasteiger partial charge in [-0.25, -0.2) is 0 Å². The summed E-state index contributed by atoms with van der Waals surface area (Å²) in [5.74, 6) is -3.66. The van der Waals surface area contributed by atoms with Crippen LogP contribution in [0, 0.1) is 12.8 Å². The number of ether oxygens (including phenoxy) is 2. The first-order valence-corrected chi connectivity index (χ1v) is 10.1. The van der Waals surface area contributed by atoms with Gasteiger partial charge in [-0.2, -0.15) is 8.42 Å². The molecule has 8 nitrogen and oxygen atoms in total. The van der Waals surface area contributed by atoms with E-state index in [0.717, 1.165) is 18.7 Å². The zero-order chi connectivity index (χ0) is 21.6. The fraction of sp³-hybridized carbons (Fsp3) is 0.300. The SMILES string of the molecule is COC(=O)C1C(=O)c2c(O)cc(OS(=O)(=O)c3ccc(C)cc3)cc2OC1(C)C. The van der Waals surface area contributed by atoms with Crippen molar-refractivity contribution in [2.75, 3.05) is 7.11 Å². The van der Waals surface area contributed by atoms with Crippen LogP contribution in [0.25, 0.3) is 0 Å². The highest BCUT2D eigenvalue weighted by Gasteiger charge is 2.49. The summed E-state index contributed by atoms with van der Waals surface area (Å²) in [6.45, 7) is 4.85. The minimum Gasteiger partial charge on any atom is -0.507 e. The Morgan fingerprint density at radius 2 is 1.79 bits per heavy atom. The van der Waals surface area contributed by atoms with Crippen LogP contribution in [0.2, 0.25) is 0 Å². The molecule has 0 bridgehead atoms. The molecule has 1 atom stereocenters. The molecule has 29 heavy (non-hydrogen) atoms. The number of Topliss-reactive ketones (excluding diaryl/α,β-unsaturated/α-hetero) is 1. The molecular weight excluding hydrogens is 400 g/mol. The van der Waals surface area contributed by atoms with E-state index in [2.05, 4.69) is 4.74 Å². The lowest BCUT2D eigenvalue weighted by Gasteiger charge is -2.37. The number of methoxy groups -OCH3 is 1. The average molecular weight is 420 g/mol. The Kier molecular flexibility index (Phi) is 5.04. The van der Waals surface area contributed by atoms with Gasteiger partial charge in [0.25, 0.3) is 0 Å². The molecule has 0 aliphatic carbocycles. The highest BCUT2D eigenvalue weighted by atomic mass is 32.2. The number of phenolic OH excluding ortho intramolecular Hbond substituents is 1. The zero-order valence-electron chi connectivity index (χ0n) is 16.3. The van der Waals surface area contributed by atoms with Crippen molar-refractivity contribution in [2.45, 2.75) is 31.3 Å². The van der Waals surface area contributed by atoms with E-state index in [0.29, 0.717) is 0 Å². The van der Waals surface area contributed by atoms with Crippen LogP contribution in [0.15, 0.2) is 41.3 Å². The molecule has 2 aromatic carbocycles. The summed E-state index contributed by atoms with van der Waals surface area (Å²) in [5.41, 5.74) is -0.637. The van der Waals surface area contributed by atoms with Gasteiger partial charge in [0.15, 0.2) is 11.7 Å². The Morgan fingerprint density at radius 3 is 2.38 bits per heavy atom. The maximum atomic E-state index is 12.8. The number of carbonyl (C=O) groups excluding carboxylic acids is 2. The summed E-state index contributed by atoms with van der Waals surface area (Å²) in [6.07, 6.45) is 0. The van der Waals surface area contributed by atoms with E-state index >= 15 is 0 Å². The Morgan fingerprint density at radius 1 is 1.17 bits per heavy atom. The number of ketones is 1. The molecule has 0 saturated heterocycles. The monoisotopic (exact) mass is 420 g/mol. The molecule has 1 N–H and O–H groups in total. The predicted molar refractivity (Wildman–Crippen MR) is 102 cm³/mol. The van der Waals surface area contributed by atoms with Crippen LogP contribution in [0.4, 0.5) is 0 Å². The standard InChI is InChI=1S/C20H20O8S/c1-11-5-7-13(8-6-11)29(24,25)28-12-9-14(21)16-15(10-12)27-20(2,3)17(18(16)22)19(23)26-4/h5-10,17,21H,1-4H3. The third-order valence-electron chi connectivity index (χ3n) is 4.58. The molecule has 0 fully saturated rings. The van der Waals surface area contributed by atoms with Crippen molar-refractivity contribution < 1.29 is 36.8 Å². The molecular formula is C20H20O8S. The van der Waals surface area contributed by atoms with Crippen LogP contribution in [-0.2, 0) is 19.6 Å². The van der Waals surface area contributed by atoms with Gasteiger partial charge in [-0.05, 0) is 32.9 Å². The van der Waals surface area contributed by atoms with Gasteiger partial charge in [-0.15, -0.1) is 0 Å². The van der Waals surface area contributed by atoms with Crippen LogP contribution in [0.1, 0.15) is 29.8 Å². The third kappa shape index (κ3) is 3.77. The molecule has 0 amide bonds. The fourth-order valence-corrected chi connectivity index (χ4v) is 4.06. The number of hydrogen-bond acceptors (Lipinski definition) is 8. The Labute approximate surface area is 168 Å². The van der Waals surface area contributed by atoms with Crippen molar-refractivity contribution >= 4 is 21.9 Å². The molecule has 3 rings (SSSR count). The first kappa shape index (κ1) is 20.7. The minimum absolute atomic E-state index is 0.0663. The number of benzene rings is 2. The first-order valence-electron chi connectivity index (χ1n) is 8.65. The van der Waals surface area contributed by atoms with E-state index in [1.165, 1.54) is 32.0 Å². The van der Waals surface area contributed by atoms with Gasteiger partial charge in [0.05, 0.1) is 7.11 Å². The summed E-state index contributed by atoms with van der Waals surface area (Å²) in [7, 11) is -3.02. The number of aromatic hydroxyl groups is 1. The van der Waals surface area contributed by atoms with Gasteiger partial charge in [0.1, 0.15) is 33.3 Å². The topological polar surface area (TPSA) is 116 Å². The summed E-state index contributed by atoms with van der Waals surface area (Å²) >= 11 is 0. The van der Waals surface area contributed by atoms with Crippen molar-refractivity contribution in [1.82, 2.24) is 0 Å². The smallest absolute Gasteiger partial charge is 0.339 e. The van der Waals surface area contributed by atoms with Crippen LogP contribution in [0.3, 0.4) is 0 Å². The Hall–Kier alpha value is -3.07. The van der Waals surface area contributed by atoms with E-state index in [4.69, 9.17) is 8.92 Å². The van der Waals surface area contributed by atoms with Crippen LogP contribution >= 0.6 is 0 Å². The first-order chi connectivity index (χ1) is 13.5. The Bertz CT molecular complexity index is 1080. The molecule has 9 heteroatoms. The Balaban J connectivity index is 2.01. The zero-order valence-corrected chi connectivity index (χ0v) is 17.1. The van der Waals surface area contributed by atoms with E-state index in [9.17, 15) is 23.1 Å². The molecule has 0 aromatic heterocycles. The predicted octanol–water partition coefficient (Wildman–Crippen LogP) is 2.61. The molecule has 1 heterocycles. The van der Waals surface area contributed by atoms with Crippen LogP contribution in [-0.4, -0.2) is 38.0 Å². The number of fused-ring (bicyclic) bond motifs is 1. The maximum absolute atomic E-state index is 12.8. The van der Waals surface area contributed by atoms with Crippen molar-refractivity contribution in [2.24, 2.45) is 5.92 Å². The summed E-state index contributed by atoms with van der Waals surface area (Å²) in [5, 5.41) is 10.3.